The summed E-state index contributed by atoms with van der Waals surface area (Å²) in [5.74, 6) is 0.343. The first-order valence-electron chi connectivity index (χ1n) is 7.77. The van der Waals surface area contributed by atoms with Crippen molar-refractivity contribution in [2.24, 2.45) is 16.6 Å². The molecule has 2 saturated heterocycles. The van der Waals surface area contributed by atoms with Crippen LogP contribution in [0.25, 0.3) is 0 Å². The summed E-state index contributed by atoms with van der Waals surface area (Å²) in [6.45, 7) is 4.13. The van der Waals surface area contributed by atoms with Gasteiger partial charge in [-0.05, 0) is 37.5 Å². The van der Waals surface area contributed by atoms with E-state index >= 15 is 0 Å². The van der Waals surface area contributed by atoms with Gasteiger partial charge < -0.3 is 15.4 Å². The molecule has 116 valence electrons. The van der Waals surface area contributed by atoms with Crippen LogP contribution in [0.4, 0.5) is 0 Å². The third-order valence-corrected chi connectivity index (χ3v) is 5.68. The Labute approximate surface area is 127 Å². The van der Waals surface area contributed by atoms with E-state index in [1.165, 1.54) is 0 Å². The lowest BCUT2D eigenvalue weighted by atomic mass is 9.79. The third-order valence-electron chi connectivity index (χ3n) is 5.68. The summed E-state index contributed by atoms with van der Waals surface area (Å²) >= 11 is 0. The van der Waals surface area contributed by atoms with E-state index in [1.54, 1.807) is 0 Å². The molecule has 1 amide bonds. The fourth-order valence-corrected chi connectivity index (χ4v) is 4.21. The van der Waals surface area contributed by atoms with Crippen LogP contribution in [-0.4, -0.2) is 43.7 Å². The number of nitrogens with two attached hydrogens (primary N) is 1. The molecule has 2 heterocycles. The highest BCUT2D eigenvalue weighted by Gasteiger charge is 2.47. The number of ether oxygens (including phenoxy) is 1. The summed E-state index contributed by atoms with van der Waals surface area (Å²) in [5.41, 5.74) is 6.06. The van der Waals surface area contributed by atoms with Crippen molar-refractivity contribution in [1.82, 2.24) is 4.90 Å². The number of carbonyl (C=O) groups is 1. The zero-order chi connectivity index (χ0) is 13.3. The van der Waals surface area contributed by atoms with Crippen LogP contribution in [0.3, 0.4) is 0 Å². The van der Waals surface area contributed by atoms with Gasteiger partial charge in [0.25, 0.3) is 0 Å². The highest BCUT2D eigenvalue weighted by Crippen LogP contribution is 2.44. The van der Waals surface area contributed by atoms with Crippen molar-refractivity contribution in [2.75, 3.05) is 32.8 Å². The molecule has 0 bridgehead atoms. The summed E-state index contributed by atoms with van der Waals surface area (Å²) in [6, 6.07) is 0. The van der Waals surface area contributed by atoms with Gasteiger partial charge in [-0.3, -0.25) is 4.79 Å². The second kappa shape index (κ2) is 6.20. The van der Waals surface area contributed by atoms with Crippen molar-refractivity contribution in [2.45, 2.75) is 44.9 Å². The number of hydrogen-bond acceptors (Lipinski definition) is 3. The van der Waals surface area contributed by atoms with Gasteiger partial charge in [0.15, 0.2) is 0 Å². The third kappa shape index (κ3) is 2.70. The standard InChI is InChI=1S/C15H26N2O2.ClH/c16-11-15(3-1-2-4-15)13(18)17-8-5-14(12-17)6-9-19-10-7-14;/h1-12,16H2;1H. The molecule has 3 rings (SSSR count). The number of carbonyl (C=O) groups excluding carboxylic acids is 1. The Morgan fingerprint density at radius 1 is 1.10 bits per heavy atom. The number of nitrogens with zero attached hydrogens (tertiary/aromatic N) is 1. The molecule has 5 heteroatoms. The van der Waals surface area contributed by atoms with E-state index in [2.05, 4.69) is 4.90 Å². The van der Waals surface area contributed by atoms with Crippen molar-refractivity contribution in [3.63, 3.8) is 0 Å². The summed E-state index contributed by atoms with van der Waals surface area (Å²) in [6.07, 6.45) is 7.71. The number of likely N-dealkylation sites (tertiary alicyclic amines) is 1. The van der Waals surface area contributed by atoms with Crippen LogP contribution in [0.2, 0.25) is 0 Å². The molecule has 0 atom stereocenters. The number of rotatable bonds is 2. The second-order valence-electron chi connectivity index (χ2n) is 6.78. The first-order chi connectivity index (χ1) is 9.20. The van der Waals surface area contributed by atoms with E-state index in [4.69, 9.17) is 10.5 Å². The first-order valence-corrected chi connectivity index (χ1v) is 7.77. The van der Waals surface area contributed by atoms with E-state index in [1.807, 2.05) is 0 Å². The zero-order valence-electron chi connectivity index (χ0n) is 12.2. The van der Waals surface area contributed by atoms with E-state index in [0.29, 0.717) is 17.9 Å². The molecular weight excluding hydrogens is 276 g/mol. The summed E-state index contributed by atoms with van der Waals surface area (Å²) < 4.78 is 5.47. The Morgan fingerprint density at radius 3 is 2.35 bits per heavy atom. The van der Waals surface area contributed by atoms with Crippen molar-refractivity contribution in [3.05, 3.63) is 0 Å². The highest BCUT2D eigenvalue weighted by molar-refractivity contribution is 5.85. The smallest absolute Gasteiger partial charge is 0.230 e. The highest BCUT2D eigenvalue weighted by atomic mass is 35.5. The van der Waals surface area contributed by atoms with Crippen LogP contribution in [0.5, 0.6) is 0 Å². The van der Waals surface area contributed by atoms with Crippen LogP contribution in [0, 0.1) is 10.8 Å². The Bertz CT molecular complexity index is 350. The Hall–Kier alpha value is -0.320. The lowest BCUT2D eigenvalue weighted by Crippen LogP contribution is -2.46. The topological polar surface area (TPSA) is 55.6 Å². The summed E-state index contributed by atoms with van der Waals surface area (Å²) in [5, 5.41) is 0. The Balaban J connectivity index is 0.00000147. The van der Waals surface area contributed by atoms with Crippen LogP contribution >= 0.6 is 12.4 Å². The Morgan fingerprint density at radius 2 is 1.75 bits per heavy atom. The molecule has 0 unspecified atom stereocenters. The van der Waals surface area contributed by atoms with E-state index in [0.717, 1.165) is 71.2 Å². The maximum absolute atomic E-state index is 12.8. The van der Waals surface area contributed by atoms with Crippen LogP contribution < -0.4 is 5.73 Å². The van der Waals surface area contributed by atoms with Gasteiger partial charge in [-0.15, -0.1) is 12.4 Å². The Kier molecular flexibility index (Phi) is 4.98. The van der Waals surface area contributed by atoms with Crippen molar-refractivity contribution >= 4 is 18.3 Å². The molecule has 1 saturated carbocycles. The molecule has 2 N–H and O–H groups in total. The van der Waals surface area contributed by atoms with E-state index < -0.39 is 0 Å². The monoisotopic (exact) mass is 302 g/mol. The molecule has 3 fully saturated rings. The minimum Gasteiger partial charge on any atom is -0.381 e. The van der Waals surface area contributed by atoms with E-state index in [-0.39, 0.29) is 17.8 Å². The summed E-state index contributed by atoms with van der Waals surface area (Å²) in [4.78, 5) is 15.0. The van der Waals surface area contributed by atoms with Gasteiger partial charge in [0.2, 0.25) is 5.91 Å². The second-order valence-corrected chi connectivity index (χ2v) is 6.78. The van der Waals surface area contributed by atoms with Gasteiger partial charge in [0, 0.05) is 32.8 Å². The SMILES string of the molecule is Cl.NCC1(C(=O)N2CCC3(CCOCC3)C2)CCCC1. The van der Waals surface area contributed by atoms with Gasteiger partial charge in [-0.25, -0.2) is 0 Å². The zero-order valence-corrected chi connectivity index (χ0v) is 13.1. The summed E-state index contributed by atoms with van der Waals surface area (Å²) in [7, 11) is 0. The van der Waals surface area contributed by atoms with Gasteiger partial charge in [-0.1, -0.05) is 12.8 Å². The van der Waals surface area contributed by atoms with Gasteiger partial charge in [-0.2, -0.15) is 0 Å². The predicted octanol–water partition coefficient (Wildman–Crippen LogP) is 1.96. The van der Waals surface area contributed by atoms with Crippen molar-refractivity contribution < 1.29 is 9.53 Å². The molecular formula is C15H27ClN2O2. The first kappa shape index (κ1) is 16.1. The van der Waals surface area contributed by atoms with Crippen molar-refractivity contribution in [1.29, 1.82) is 0 Å². The van der Waals surface area contributed by atoms with Crippen LogP contribution in [0.15, 0.2) is 0 Å². The molecule has 4 nitrogen and oxygen atoms in total. The van der Waals surface area contributed by atoms with Gasteiger partial charge in [0.05, 0.1) is 5.41 Å². The molecule has 1 aliphatic carbocycles. The van der Waals surface area contributed by atoms with Crippen LogP contribution in [-0.2, 0) is 9.53 Å². The molecule has 1 spiro atoms. The fraction of sp³-hybridized carbons (Fsp3) is 0.933. The normalized spacial score (nSPS) is 27.6. The maximum atomic E-state index is 12.8. The van der Waals surface area contributed by atoms with Crippen molar-refractivity contribution in [3.8, 4) is 0 Å². The largest absolute Gasteiger partial charge is 0.381 e. The van der Waals surface area contributed by atoms with Crippen LogP contribution in [0.1, 0.15) is 44.9 Å². The predicted molar refractivity (Wildman–Crippen MR) is 80.9 cm³/mol. The minimum absolute atomic E-state index is 0. The average molecular weight is 303 g/mol. The van der Waals surface area contributed by atoms with Gasteiger partial charge >= 0.3 is 0 Å². The number of halogens is 1. The number of hydrogen-bond donors (Lipinski definition) is 1. The number of amides is 1. The van der Waals surface area contributed by atoms with Gasteiger partial charge in [0.1, 0.15) is 0 Å². The fourth-order valence-electron chi connectivity index (χ4n) is 4.21. The maximum Gasteiger partial charge on any atom is 0.230 e. The lowest BCUT2D eigenvalue weighted by Gasteiger charge is -2.35. The molecule has 0 radical (unpaired) electrons. The lowest BCUT2D eigenvalue weighted by molar-refractivity contribution is -0.141. The molecule has 0 aromatic rings. The molecule has 0 aromatic carbocycles. The molecule has 2 aliphatic heterocycles. The van der Waals surface area contributed by atoms with E-state index in [9.17, 15) is 4.79 Å². The molecule has 20 heavy (non-hydrogen) atoms. The molecule has 0 aromatic heterocycles. The quantitative estimate of drug-likeness (QED) is 0.848. The molecule has 3 aliphatic rings. The average Bonchev–Trinajstić information content (AvgIpc) is 3.07. The minimum atomic E-state index is -0.225.